The molecule has 15 heavy (non-hydrogen) atoms. The summed E-state index contributed by atoms with van der Waals surface area (Å²) in [5.41, 5.74) is 0. The number of benzene rings is 2. The summed E-state index contributed by atoms with van der Waals surface area (Å²) in [5.74, 6) is 1.69. The minimum atomic E-state index is 0.838. The van der Waals surface area contributed by atoms with Gasteiger partial charge in [0.25, 0.3) is 0 Å². The molecule has 0 unspecified atom stereocenters. The largest absolute Gasteiger partial charge is 0.483 e. The Morgan fingerprint density at radius 3 is 2.00 bits per heavy atom. The van der Waals surface area contributed by atoms with Crippen LogP contribution in [0.4, 0.5) is 0 Å². The smallest absolute Gasteiger partial charge is 0.124 e. The number of hydrogen-bond donors (Lipinski definition) is 0. The molecule has 72 valence electrons. The van der Waals surface area contributed by atoms with Crippen molar-refractivity contribution < 1.29 is 21.1 Å². The van der Waals surface area contributed by atoms with Gasteiger partial charge in [0.2, 0.25) is 0 Å². The van der Waals surface area contributed by atoms with E-state index in [0.29, 0.717) is 0 Å². The molecular formula is C12H9BrOZn. The van der Waals surface area contributed by atoms with Gasteiger partial charge >= 0.3 is 30.0 Å². The van der Waals surface area contributed by atoms with Crippen LogP contribution in [0.3, 0.4) is 0 Å². The topological polar surface area (TPSA) is 9.23 Å². The average Bonchev–Trinajstić information content (AvgIpc) is 2.34. The summed E-state index contributed by atoms with van der Waals surface area (Å²) in [7, 11) is 0. The fourth-order valence-electron chi connectivity index (χ4n) is 1.06. The van der Waals surface area contributed by atoms with Crippen molar-refractivity contribution >= 4 is 13.6 Å². The van der Waals surface area contributed by atoms with Crippen LogP contribution in [0.15, 0.2) is 54.6 Å². The van der Waals surface area contributed by atoms with E-state index in [1.54, 1.807) is 0 Å². The third kappa shape index (κ3) is 4.59. The van der Waals surface area contributed by atoms with Crippen LogP contribution in [-0.4, -0.2) is 0 Å². The van der Waals surface area contributed by atoms with Crippen LogP contribution in [0, 0.1) is 6.07 Å². The van der Waals surface area contributed by atoms with Crippen LogP contribution in [-0.2, 0) is 16.3 Å². The van der Waals surface area contributed by atoms with Crippen LogP contribution in [0.2, 0.25) is 0 Å². The number of rotatable bonds is 2. The molecule has 0 heterocycles. The van der Waals surface area contributed by atoms with E-state index in [9.17, 15) is 0 Å². The molecule has 3 heteroatoms. The number of para-hydroxylation sites is 1. The Kier molecular flexibility index (Phi) is 6.30. The molecule has 0 aliphatic carbocycles. The minimum absolute atomic E-state index is 0.838. The van der Waals surface area contributed by atoms with Gasteiger partial charge in [0.1, 0.15) is 5.75 Å². The Bertz CT molecular complexity index is 326. The second kappa shape index (κ2) is 7.61. The quantitative estimate of drug-likeness (QED) is 0.598. The van der Waals surface area contributed by atoms with Crippen LogP contribution >= 0.6 is 13.6 Å². The molecule has 0 aliphatic heterocycles. The molecule has 2 aromatic carbocycles. The van der Waals surface area contributed by atoms with Crippen LogP contribution in [0.25, 0.3) is 0 Å². The Morgan fingerprint density at radius 1 is 0.867 bits per heavy atom. The molecule has 0 bridgehead atoms. The molecule has 0 spiro atoms. The molecule has 0 aromatic heterocycles. The summed E-state index contributed by atoms with van der Waals surface area (Å²) in [4.78, 5) is 0. The third-order valence-electron chi connectivity index (χ3n) is 1.67. The van der Waals surface area contributed by atoms with E-state index in [1.807, 2.05) is 54.6 Å². The first-order chi connectivity index (χ1) is 7.45. The van der Waals surface area contributed by atoms with Gasteiger partial charge in [-0.15, -0.1) is 12.1 Å². The Morgan fingerprint density at radius 2 is 1.40 bits per heavy atom. The van der Waals surface area contributed by atoms with Crippen molar-refractivity contribution in [2.45, 2.75) is 0 Å². The van der Waals surface area contributed by atoms with Gasteiger partial charge in [0.15, 0.2) is 0 Å². The van der Waals surface area contributed by atoms with Gasteiger partial charge in [0.05, 0.1) is 0 Å². The van der Waals surface area contributed by atoms with Crippen LogP contribution in [0.1, 0.15) is 0 Å². The average molecular weight is 314 g/mol. The maximum atomic E-state index is 5.56. The maximum Gasteiger partial charge on any atom is 0.124 e. The zero-order valence-electron chi connectivity index (χ0n) is 8.19. The summed E-state index contributed by atoms with van der Waals surface area (Å²) < 4.78 is 5.56. The molecule has 0 radical (unpaired) electrons. The fraction of sp³-hybridized carbons (Fsp3) is 0. The molecule has 2 aromatic rings. The SMILES string of the molecule is [Zn+][Br].[c-]1ccc(Oc2ccccc2)cc1. The fourth-order valence-corrected chi connectivity index (χ4v) is 1.06. The molecule has 0 N–H and O–H groups in total. The monoisotopic (exact) mass is 312 g/mol. The van der Waals surface area contributed by atoms with Crippen molar-refractivity contribution in [1.82, 2.24) is 0 Å². The van der Waals surface area contributed by atoms with Gasteiger partial charge in [-0.3, -0.25) is 0 Å². The van der Waals surface area contributed by atoms with E-state index in [0.717, 1.165) is 11.5 Å². The van der Waals surface area contributed by atoms with Crippen molar-refractivity contribution in [3.8, 4) is 11.5 Å². The van der Waals surface area contributed by atoms with E-state index in [4.69, 9.17) is 4.74 Å². The van der Waals surface area contributed by atoms with Gasteiger partial charge < -0.3 is 4.74 Å². The third-order valence-corrected chi connectivity index (χ3v) is 1.67. The maximum absolute atomic E-state index is 5.56. The van der Waals surface area contributed by atoms with Gasteiger partial charge in [0, 0.05) is 5.75 Å². The van der Waals surface area contributed by atoms with E-state index in [1.165, 1.54) is 16.3 Å². The molecule has 0 atom stereocenters. The van der Waals surface area contributed by atoms with Crippen LogP contribution in [0.5, 0.6) is 11.5 Å². The summed E-state index contributed by atoms with van der Waals surface area (Å²) in [6.45, 7) is 0. The molecule has 0 amide bonds. The summed E-state index contributed by atoms with van der Waals surface area (Å²) in [6, 6.07) is 20.1. The second-order valence-corrected chi connectivity index (χ2v) is 2.65. The predicted molar refractivity (Wildman–Crippen MR) is 60.7 cm³/mol. The zero-order chi connectivity index (χ0) is 10.9. The Balaban J connectivity index is 0.000000531. The summed E-state index contributed by atoms with van der Waals surface area (Å²) >= 11 is 4.25. The number of halogens is 1. The predicted octanol–water partition coefficient (Wildman–Crippen LogP) is 4.12. The first-order valence-electron chi connectivity index (χ1n) is 4.41. The molecule has 0 aliphatic rings. The van der Waals surface area contributed by atoms with E-state index < -0.39 is 0 Å². The van der Waals surface area contributed by atoms with E-state index in [-0.39, 0.29) is 0 Å². The van der Waals surface area contributed by atoms with Gasteiger partial charge in [-0.1, -0.05) is 18.2 Å². The first-order valence-corrected chi connectivity index (χ1v) is 11.4. The second-order valence-electron chi connectivity index (χ2n) is 2.65. The number of ether oxygens (including phenoxy) is 1. The van der Waals surface area contributed by atoms with Gasteiger partial charge in [-0.25, -0.2) is 0 Å². The van der Waals surface area contributed by atoms with Crippen molar-refractivity contribution in [2.24, 2.45) is 0 Å². The molecule has 0 saturated carbocycles. The molecule has 2 rings (SSSR count). The van der Waals surface area contributed by atoms with E-state index in [2.05, 4.69) is 19.7 Å². The summed E-state index contributed by atoms with van der Waals surface area (Å²) in [5, 5.41) is 0. The minimum Gasteiger partial charge on any atom is -0.483 e. The summed E-state index contributed by atoms with van der Waals surface area (Å²) in [6.07, 6.45) is 0. The standard InChI is InChI=1S/C12H9O.BrH.Zn/c1-3-7-11(8-4-1)13-12-9-5-2-6-10-12;;/h1,3-10H;1H;/q-1;;+2/p-1. The first kappa shape index (κ1) is 12.4. The van der Waals surface area contributed by atoms with Gasteiger partial charge in [-0.05, 0) is 12.1 Å². The number of hydrogen-bond acceptors (Lipinski definition) is 1. The van der Waals surface area contributed by atoms with Crippen LogP contribution < -0.4 is 4.74 Å². The van der Waals surface area contributed by atoms with Gasteiger partial charge in [-0.2, -0.15) is 18.2 Å². The zero-order valence-corrected chi connectivity index (χ0v) is 12.7. The Labute approximate surface area is 107 Å². The molecule has 1 nitrogen and oxygen atoms in total. The van der Waals surface area contributed by atoms with Crippen molar-refractivity contribution in [3.05, 3.63) is 60.7 Å². The normalized spacial score (nSPS) is 8.73. The Hall–Kier alpha value is -0.657. The molecular weight excluding hydrogens is 305 g/mol. The van der Waals surface area contributed by atoms with Crippen molar-refractivity contribution in [3.63, 3.8) is 0 Å². The van der Waals surface area contributed by atoms with Crippen molar-refractivity contribution in [2.75, 3.05) is 0 Å². The van der Waals surface area contributed by atoms with E-state index >= 15 is 0 Å². The molecule has 0 saturated heterocycles. The molecule has 0 fully saturated rings. The van der Waals surface area contributed by atoms with Crippen molar-refractivity contribution in [1.29, 1.82) is 0 Å².